The highest BCUT2D eigenvalue weighted by atomic mass is 16.6. The summed E-state index contributed by atoms with van der Waals surface area (Å²) in [5.41, 5.74) is 1.30. The van der Waals surface area contributed by atoms with Gasteiger partial charge in [0.25, 0.3) is 5.69 Å². The number of carbonyl (C=O) groups excluding carboxylic acids is 2. The van der Waals surface area contributed by atoms with Gasteiger partial charge in [-0.1, -0.05) is 50.6 Å². The highest BCUT2D eigenvalue weighted by molar-refractivity contribution is 5.94. The SMILES string of the molecule is CCC(C)C(NC(=O)Nc1ccc([N+](=O)[O-])cc1)C(=O)NC(C)c1ccccc1. The fourth-order valence-electron chi connectivity index (χ4n) is 2.81. The minimum absolute atomic E-state index is 0.0669. The van der Waals surface area contributed by atoms with E-state index in [0.717, 1.165) is 5.56 Å². The number of non-ortho nitro benzene ring substituents is 1. The monoisotopic (exact) mass is 398 g/mol. The molecule has 29 heavy (non-hydrogen) atoms. The van der Waals surface area contributed by atoms with Gasteiger partial charge in [0.1, 0.15) is 6.04 Å². The molecule has 2 rings (SSSR count). The molecule has 3 amide bonds. The lowest BCUT2D eigenvalue weighted by Gasteiger charge is -2.25. The summed E-state index contributed by atoms with van der Waals surface area (Å²) >= 11 is 0. The van der Waals surface area contributed by atoms with Crippen molar-refractivity contribution in [2.75, 3.05) is 5.32 Å². The first kappa shape index (κ1) is 21.9. The van der Waals surface area contributed by atoms with E-state index < -0.39 is 17.0 Å². The number of nitro benzene ring substituents is 1. The van der Waals surface area contributed by atoms with Crippen molar-refractivity contribution >= 4 is 23.3 Å². The molecule has 0 spiro atoms. The lowest BCUT2D eigenvalue weighted by atomic mass is 9.97. The van der Waals surface area contributed by atoms with Crippen LogP contribution in [-0.2, 0) is 4.79 Å². The van der Waals surface area contributed by atoms with E-state index in [1.807, 2.05) is 51.1 Å². The van der Waals surface area contributed by atoms with Crippen LogP contribution in [0.4, 0.5) is 16.2 Å². The highest BCUT2D eigenvalue weighted by Gasteiger charge is 2.27. The maximum atomic E-state index is 12.8. The number of carbonyl (C=O) groups is 2. The van der Waals surface area contributed by atoms with E-state index in [-0.39, 0.29) is 23.6 Å². The van der Waals surface area contributed by atoms with Crippen LogP contribution in [0.5, 0.6) is 0 Å². The zero-order valence-electron chi connectivity index (χ0n) is 16.7. The lowest BCUT2D eigenvalue weighted by molar-refractivity contribution is -0.384. The molecule has 0 aliphatic carbocycles. The zero-order chi connectivity index (χ0) is 21.4. The molecule has 0 radical (unpaired) electrons. The molecule has 0 saturated heterocycles. The lowest BCUT2D eigenvalue weighted by Crippen LogP contribution is -2.51. The molecule has 154 valence electrons. The van der Waals surface area contributed by atoms with Gasteiger partial charge in [-0.15, -0.1) is 0 Å². The Morgan fingerprint density at radius 3 is 2.17 bits per heavy atom. The van der Waals surface area contributed by atoms with Crippen LogP contribution >= 0.6 is 0 Å². The first-order valence-corrected chi connectivity index (χ1v) is 9.49. The van der Waals surface area contributed by atoms with Gasteiger partial charge in [0, 0.05) is 17.8 Å². The third kappa shape index (κ3) is 6.31. The van der Waals surface area contributed by atoms with Crippen molar-refractivity contribution in [1.82, 2.24) is 10.6 Å². The molecule has 0 aliphatic rings. The fraction of sp³-hybridized carbons (Fsp3) is 0.333. The first-order chi connectivity index (χ1) is 13.8. The molecule has 0 heterocycles. The molecule has 8 nitrogen and oxygen atoms in total. The standard InChI is InChI=1S/C21H26N4O4/c1-4-14(2)19(20(26)22-15(3)16-8-6-5-7-9-16)24-21(27)23-17-10-12-18(13-11-17)25(28)29/h5-15,19H,4H2,1-3H3,(H,22,26)(H2,23,24,27). The van der Waals surface area contributed by atoms with Crippen LogP contribution in [0.2, 0.25) is 0 Å². The van der Waals surface area contributed by atoms with Gasteiger partial charge in [0.05, 0.1) is 11.0 Å². The number of benzene rings is 2. The molecular formula is C21H26N4O4. The largest absolute Gasteiger partial charge is 0.348 e. The van der Waals surface area contributed by atoms with Crippen LogP contribution in [0.25, 0.3) is 0 Å². The van der Waals surface area contributed by atoms with Crippen molar-refractivity contribution in [1.29, 1.82) is 0 Å². The molecule has 0 fully saturated rings. The van der Waals surface area contributed by atoms with Gasteiger partial charge in [-0.05, 0) is 30.5 Å². The van der Waals surface area contributed by atoms with E-state index in [2.05, 4.69) is 16.0 Å². The molecule has 3 N–H and O–H groups in total. The van der Waals surface area contributed by atoms with E-state index in [0.29, 0.717) is 12.1 Å². The van der Waals surface area contributed by atoms with Gasteiger partial charge < -0.3 is 16.0 Å². The van der Waals surface area contributed by atoms with Crippen molar-refractivity contribution in [2.24, 2.45) is 5.92 Å². The van der Waals surface area contributed by atoms with Crippen molar-refractivity contribution in [2.45, 2.75) is 39.3 Å². The molecule has 8 heteroatoms. The summed E-state index contributed by atoms with van der Waals surface area (Å²) in [6.45, 7) is 5.73. The van der Waals surface area contributed by atoms with Gasteiger partial charge in [0.15, 0.2) is 0 Å². The molecular weight excluding hydrogens is 372 g/mol. The second kappa shape index (κ2) is 10.2. The summed E-state index contributed by atoms with van der Waals surface area (Å²) < 4.78 is 0. The maximum absolute atomic E-state index is 12.8. The number of anilines is 1. The fourth-order valence-corrected chi connectivity index (χ4v) is 2.81. The van der Waals surface area contributed by atoms with Crippen molar-refractivity contribution in [3.05, 3.63) is 70.3 Å². The van der Waals surface area contributed by atoms with Crippen LogP contribution in [-0.4, -0.2) is 22.9 Å². The number of urea groups is 1. The summed E-state index contributed by atoms with van der Waals surface area (Å²) in [7, 11) is 0. The second-order valence-electron chi connectivity index (χ2n) is 6.91. The van der Waals surface area contributed by atoms with Crippen LogP contribution < -0.4 is 16.0 Å². The molecule has 3 atom stereocenters. The predicted molar refractivity (Wildman–Crippen MR) is 111 cm³/mol. The number of nitro groups is 1. The van der Waals surface area contributed by atoms with E-state index >= 15 is 0 Å². The number of hydrogen-bond acceptors (Lipinski definition) is 4. The van der Waals surface area contributed by atoms with E-state index in [9.17, 15) is 19.7 Å². The maximum Gasteiger partial charge on any atom is 0.319 e. The summed E-state index contributed by atoms with van der Waals surface area (Å²) in [6, 6.07) is 13.6. The highest BCUT2D eigenvalue weighted by Crippen LogP contribution is 2.16. The van der Waals surface area contributed by atoms with Gasteiger partial charge in [0.2, 0.25) is 5.91 Å². The topological polar surface area (TPSA) is 113 Å². The van der Waals surface area contributed by atoms with Crippen LogP contribution in [0, 0.1) is 16.0 Å². The van der Waals surface area contributed by atoms with Gasteiger partial charge in [-0.25, -0.2) is 4.79 Å². The van der Waals surface area contributed by atoms with Gasteiger partial charge in [-0.2, -0.15) is 0 Å². The Bertz CT molecular complexity index is 840. The Morgan fingerprint density at radius 2 is 1.62 bits per heavy atom. The van der Waals surface area contributed by atoms with Crippen molar-refractivity contribution in [3.8, 4) is 0 Å². The van der Waals surface area contributed by atoms with Gasteiger partial charge >= 0.3 is 6.03 Å². The predicted octanol–water partition coefficient (Wildman–Crippen LogP) is 4.01. The number of amides is 3. The van der Waals surface area contributed by atoms with E-state index in [4.69, 9.17) is 0 Å². The third-order valence-electron chi connectivity index (χ3n) is 4.78. The smallest absolute Gasteiger partial charge is 0.319 e. The minimum atomic E-state index is -0.718. The number of hydrogen-bond donors (Lipinski definition) is 3. The van der Waals surface area contributed by atoms with E-state index in [1.54, 1.807) is 0 Å². The Kier molecular flexibility index (Phi) is 7.70. The van der Waals surface area contributed by atoms with Crippen LogP contribution in [0.1, 0.15) is 38.8 Å². The summed E-state index contributed by atoms with van der Waals surface area (Å²) in [6.07, 6.45) is 0.704. The van der Waals surface area contributed by atoms with E-state index in [1.165, 1.54) is 24.3 Å². The third-order valence-corrected chi connectivity index (χ3v) is 4.78. The molecule has 2 aromatic rings. The van der Waals surface area contributed by atoms with Gasteiger partial charge in [-0.3, -0.25) is 14.9 Å². The molecule has 0 aliphatic heterocycles. The number of nitrogens with one attached hydrogen (secondary N) is 3. The Morgan fingerprint density at radius 1 is 1.00 bits per heavy atom. The quantitative estimate of drug-likeness (QED) is 0.460. The average Bonchev–Trinajstić information content (AvgIpc) is 2.72. The molecule has 2 aromatic carbocycles. The summed E-state index contributed by atoms with van der Waals surface area (Å²) in [5.74, 6) is -0.352. The molecule has 0 saturated carbocycles. The van der Waals surface area contributed by atoms with Crippen LogP contribution in [0.15, 0.2) is 54.6 Å². The van der Waals surface area contributed by atoms with Crippen LogP contribution in [0.3, 0.4) is 0 Å². The zero-order valence-corrected chi connectivity index (χ0v) is 16.7. The Labute approximate surface area is 169 Å². The first-order valence-electron chi connectivity index (χ1n) is 9.49. The Hall–Kier alpha value is -3.42. The van der Waals surface area contributed by atoms with Crippen molar-refractivity contribution < 1.29 is 14.5 Å². The summed E-state index contributed by atoms with van der Waals surface area (Å²) in [5, 5.41) is 19.0. The molecule has 0 aromatic heterocycles. The normalized spacial score (nSPS) is 13.6. The number of nitrogens with zero attached hydrogens (tertiary/aromatic N) is 1. The second-order valence-corrected chi connectivity index (χ2v) is 6.91. The summed E-state index contributed by atoms with van der Waals surface area (Å²) in [4.78, 5) is 35.4. The molecule has 3 unspecified atom stereocenters. The molecule has 0 bridgehead atoms. The average molecular weight is 398 g/mol. The number of rotatable bonds is 8. The minimum Gasteiger partial charge on any atom is -0.348 e. The Balaban J connectivity index is 2.02. The van der Waals surface area contributed by atoms with Crippen molar-refractivity contribution in [3.63, 3.8) is 0 Å².